The lowest BCUT2D eigenvalue weighted by atomic mass is 10.2. The third-order valence-electron chi connectivity index (χ3n) is 1.42. The molecule has 1 aromatic carbocycles. The van der Waals surface area contributed by atoms with Crippen molar-refractivity contribution in [2.24, 2.45) is 0 Å². The van der Waals surface area contributed by atoms with Crippen molar-refractivity contribution in [3.8, 4) is 0 Å². The number of halogens is 1. The first-order valence-corrected chi connectivity index (χ1v) is 4.32. The maximum absolute atomic E-state index is 10.4. The van der Waals surface area contributed by atoms with Crippen molar-refractivity contribution < 1.29 is 9.90 Å². The van der Waals surface area contributed by atoms with Gasteiger partial charge in [0.1, 0.15) is 0 Å². The van der Waals surface area contributed by atoms with E-state index in [-0.39, 0.29) is 4.91 Å². The van der Waals surface area contributed by atoms with Gasteiger partial charge in [-0.15, -0.1) is 12.6 Å². The average Bonchev–Trinajstić information content (AvgIpc) is 2.08. The molecule has 0 heterocycles. The lowest BCUT2D eigenvalue weighted by molar-refractivity contribution is -0.131. The Hall–Kier alpha value is -0.930. The number of carbonyl (C=O) groups is 1. The summed E-state index contributed by atoms with van der Waals surface area (Å²) in [6, 6.07) is 6.97. The summed E-state index contributed by atoms with van der Waals surface area (Å²) in [6.45, 7) is 0. The number of rotatable bonds is 2. The first kappa shape index (κ1) is 10.2. The van der Waals surface area contributed by atoms with Crippen molar-refractivity contribution in [1.82, 2.24) is 0 Å². The van der Waals surface area contributed by atoms with Crippen LogP contribution in [0.15, 0.2) is 29.2 Å². The predicted octanol–water partition coefficient (Wildman–Crippen LogP) is 2.70. The monoisotopic (exact) mass is 214 g/mol. The second-order valence-electron chi connectivity index (χ2n) is 2.36. The Morgan fingerprint density at radius 1 is 1.46 bits per heavy atom. The molecule has 1 aromatic rings. The van der Waals surface area contributed by atoms with Gasteiger partial charge in [-0.3, -0.25) is 0 Å². The van der Waals surface area contributed by atoms with Crippen LogP contribution in [0.25, 0.3) is 6.08 Å². The van der Waals surface area contributed by atoms with Crippen LogP contribution >= 0.6 is 24.2 Å². The molecule has 0 atom stereocenters. The number of carboxylic acid groups (broad SMARTS) is 1. The first-order chi connectivity index (χ1) is 6.11. The topological polar surface area (TPSA) is 37.3 Å². The molecule has 0 bridgehead atoms. The van der Waals surface area contributed by atoms with Crippen LogP contribution in [0, 0.1) is 0 Å². The molecule has 0 aliphatic heterocycles. The first-order valence-electron chi connectivity index (χ1n) is 3.50. The predicted molar refractivity (Wildman–Crippen MR) is 56.1 cm³/mol. The van der Waals surface area contributed by atoms with E-state index in [1.54, 1.807) is 24.3 Å². The fourth-order valence-electron chi connectivity index (χ4n) is 0.801. The van der Waals surface area contributed by atoms with Gasteiger partial charge < -0.3 is 5.11 Å². The van der Waals surface area contributed by atoms with Gasteiger partial charge in [-0.2, -0.15) is 0 Å². The van der Waals surface area contributed by atoms with Gasteiger partial charge in [0.25, 0.3) is 0 Å². The molecule has 0 amide bonds. The molecule has 0 saturated heterocycles. The lowest BCUT2D eigenvalue weighted by Crippen LogP contribution is -1.93. The number of hydrogen-bond donors (Lipinski definition) is 2. The van der Waals surface area contributed by atoms with E-state index in [0.717, 1.165) is 0 Å². The van der Waals surface area contributed by atoms with Gasteiger partial charge in [0.15, 0.2) is 0 Å². The lowest BCUT2D eigenvalue weighted by Gasteiger charge is -1.97. The molecule has 13 heavy (non-hydrogen) atoms. The SMILES string of the molecule is O=C(O)C(S)=Cc1ccccc1Cl. The summed E-state index contributed by atoms with van der Waals surface area (Å²) in [7, 11) is 0. The number of thiol groups is 1. The van der Waals surface area contributed by atoms with Crippen LogP contribution in [0.2, 0.25) is 5.02 Å². The highest BCUT2D eigenvalue weighted by Crippen LogP contribution is 2.19. The molecule has 2 nitrogen and oxygen atoms in total. The van der Waals surface area contributed by atoms with Crippen molar-refractivity contribution >= 4 is 36.3 Å². The van der Waals surface area contributed by atoms with Crippen LogP contribution in [0.4, 0.5) is 0 Å². The van der Waals surface area contributed by atoms with E-state index >= 15 is 0 Å². The van der Waals surface area contributed by atoms with Crippen molar-refractivity contribution in [3.63, 3.8) is 0 Å². The molecule has 0 aromatic heterocycles. The second kappa shape index (κ2) is 4.35. The Morgan fingerprint density at radius 3 is 2.62 bits per heavy atom. The van der Waals surface area contributed by atoms with Crippen LogP contribution in [0.5, 0.6) is 0 Å². The fourth-order valence-corrected chi connectivity index (χ4v) is 1.13. The second-order valence-corrected chi connectivity index (χ2v) is 3.25. The zero-order chi connectivity index (χ0) is 9.84. The summed E-state index contributed by atoms with van der Waals surface area (Å²) in [5.74, 6) is -1.07. The van der Waals surface area contributed by atoms with Gasteiger partial charge in [-0.25, -0.2) is 4.79 Å². The normalized spacial score (nSPS) is 11.4. The molecule has 1 rings (SSSR count). The third-order valence-corrected chi connectivity index (χ3v) is 2.08. The molecule has 0 saturated carbocycles. The number of carboxylic acids is 1. The minimum atomic E-state index is -1.07. The quantitative estimate of drug-likeness (QED) is 0.587. The van der Waals surface area contributed by atoms with E-state index in [4.69, 9.17) is 16.7 Å². The zero-order valence-corrected chi connectivity index (χ0v) is 8.22. The molecule has 68 valence electrons. The Balaban J connectivity index is 3.04. The maximum Gasteiger partial charge on any atom is 0.341 e. The van der Waals surface area contributed by atoms with Crippen LogP contribution in [-0.2, 0) is 4.79 Å². The Morgan fingerprint density at radius 2 is 2.08 bits per heavy atom. The van der Waals surface area contributed by atoms with Crippen molar-refractivity contribution in [3.05, 3.63) is 39.8 Å². The van der Waals surface area contributed by atoms with Gasteiger partial charge in [0.2, 0.25) is 0 Å². The molecule has 0 aliphatic carbocycles. The molecule has 0 aliphatic rings. The minimum absolute atomic E-state index is 0.0342. The largest absolute Gasteiger partial charge is 0.477 e. The Bertz CT molecular complexity index is 360. The number of benzene rings is 1. The average molecular weight is 215 g/mol. The Labute approximate surface area is 86.3 Å². The Kier molecular flexibility index (Phi) is 3.39. The smallest absolute Gasteiger partial charge is 0.341 e. The summed E-state index contributed by atoms with van der Waals surface area (Å²) in [5.41, 5.74) is 0.650. The number of hydrogen-bond acceptors (Lipinski definition) is 2. The molecular weight excluding hydrogens is 208 g/mol. The van der Waals surface area contributed by atoms with Crippen molar-refractivity contribution in [2.45, 2.75) is 0 Å². The number of aliphatic carboxylic acids is 1. The van der Waals surface area contributed by atoms with Crippen molar-refractivity contribution in [1.29, 1.82) is 0 Å². The van der Waals surface area contributed by atoms with E-state index in [0.29, 0.717) is 10.6 Å². The molecule has 0 spiro atoms. The van der Waals surface area contributed by atoms with Gasteiger partial charge >= 0.3 is 5.97 Å². The summed E-state index contributed by atoms with van der Waals surface area (Å²) >= 11 is 9.59. The van der Waals surface area contributed by atoms with Crippen LogP contribution < -0.4 is 0 Å². The van der Waals surface area contributed by atoms with Crippen LogP contribution in [0.3, 0.4) is 0 Å². The maximum atomic E-state index is 10.4. The van der Waals surface area contributed by atoms with E-state index in [9.17, 15) is 4.79 Å². The molecule has 0 unspecified atom stereocenters. The highest BCUT2D eigenvalue weighted by Gasteiger charge is 2.02. The molecule has 1 N–H and O–H groups in total. The highest BCUT2D eigenvalue weighted by molar-refractivity contribution is 7.85. The van der Waals surface area contributed by atoms with E-state index in [2.05, 4.69) is 12.6 Å². The van der Waals surface area contributed by atoms with E-state index in [1.807, 2.05) is 0 Å². The van der Waals surface area contributed by atoms with Gasteiger partial charge in [0, 0.05) is 5.02 Å². The van der Waals surface area contributed by atoms with E-state index < -0.39 is 5.97 Å². The van der Waals surface area contributed by atoms with Crippen molar-refractivity contribution in [2.75, 3.05) is 0 Å². The molecular formula is C9H7ClO2S. The summed E-state index contributed by atoms with van der Waals surface area (Å²) in [6.07, 6.45) is 1.41. The molecule has 0 fully saturated rings. The van der Waals surface area contributed by atoms with Gasteiger partial charge in [0.05, 0.1) is 4.91 Å². The summed E-state index contributed by atoms with van der Waals surface area (Å²) in [5, 5.41) is 9.06. The van der Waals surface area contributed by atoms with Gasteiger partial charge in [-0.05, 0) is 17.7 Å². The fraction of sp³-hybridized carbons (Fsp3) is 0. The zero-order valence-electron chi connectivity index (χ0n) is 6.57. The summed E-state index contributed by atoms with van der Waals surface area (Å²) < 4.78 is 0. The highest BCUT2D eigenvalue weighted by atomic mass is 35.5. The molecule has 4 heteroatoms. The van der Waals surface area contributed by atoms with E-state index in [1.165, 1.54) is 6.08 Å². The molecule has 0 radical (unpaired) electrons. The summed E-state index contributed by atoms with van der Waals surface area (Å²) in [4.78, 5) is 10.4. The standard InChI is InChI=1S/C9H7ClO2S/c10-7-4-2-1-3-6(7)5-8(13)9(11)12/h1-5,13H,(H,11,12). The van der Waals surface area contributed by atoms with Crippen LogP contribution in [0.1, 0.15) is 5.56 Å². The van der Waals surface area contributed by atoms with Gasteiger partial charge in [-0.1, -0.05) is 29.8 Å². The third kappa shape index (κ3) is 2.79. The van der Waals surface area contributed by atoms with Crippen LogP contribution in [-0.4, -0.2) is 11.1 Å². The minimum Gasteiger partial charge on any atom is -0.477 e.